The molecular weight excluding hydrogens is 450 g/mol. The minimum atomic E-state index is -3.75. The molecule has 4 rings (SSSR count). The zero-order valence-electron chi connectivity index (χ0n) is 18.8. The number of hydrogen-bond donors (Lipinski definition) is 3. The van der Waals surface area contributed by atoms with Gasteiger partial charge in [-0.05, 0) is 52.4 Å². The lowest BCUT2D eigenvalue weighted by Crippen LogP contribution is -2.37. The molecule has 174 valence electrons. The van der Waals surface area contributed by atoms with Crippen molar-refractivity contribution >= 4 is 27.4 Å². The molecule has 1 aliphatic rings. The van der Waals surface area contributed by atoms with Gasteiger partial charge in [-0.25, -0.2) is 13.6 Å². The van der Waals surface area contributed by atoms with Gasteiger partial charge in [0.2, 0.25) is 10.0 Å². The first kappa shape index (κ1) is 23.4. The predicted molar refractivity (Wildman–Crippen MR) is 131 cm³/mol. The Morgan fingerprint density at radius 3 is 2.15 bits per heavy atom. The van der Waals surface area contributed by atoms with Gasteiger partial charge in [0.15, 0.2) is 0 Å². The average Bonchev–Trinajstić information content (AvgIpc) is 2.80. The Hall–Kier alpha value is -3.75. The molecular formula is C26H25N3O4S. The minimum Gasteiger partial charge on any atom is -0.386 e. The van der Waals surface area contributed by atoms with E-state index in [-0.39, 0.29) is 4.90 Å². The first-order valence-electron chi connectivity index (χ1n) is 10.8. The molecule has 0 radical (unpaired) electrons. The van der Waals surface area contributed by atoms with Gasteiger partial charge in [0.05, 0.1) is 10.5 Å². The highest BCUT2D eigenvalue weighted by molar-refractivity contribution is 7.89. The number of rotatable bonds is 6. The predicted octanol–water partition coefficient (Wildman–Crippen LogP) is 3.53. The maximum atomic E-state index is 12.6. The van der Waals surface area contributed by atoms with Crippen molar-refractivity contribution in [3.05, 3.63) is 95.2 Å². The summed E-state index contributed by atoms with van der Waals surface area (Å²) in [5, 5.41) is 10.6. The lowest BCUT2D eigenvalue weighted by atomic mass is 9.91. The molecule has 1 aliphatic heterocycles. The van der Waals surface area contributed by atoms with E-state index in [1.54, 1.807) is 24.4 Å². The first-order chi connectivity index (χ1) is 16.1. The first-order valence-corrected chi connectivity index (χ1v) is 12.3. The summed E-state index contributed by atoms with van der Waals surface area (Å²) in [7, 11) is -3.75. The van der Waals surface area contributed by atoms with Crippen LogP contribution >= 0.6 is 0 Å². The SMILES string of the molecule is CC(C)c1ccc(-c2ccc3c(c2)/C(=C/NCc2ccc(S(N)(=O)=O)cc2)C(=O)NC3=O)cc1. The molecule has 1 heterocycles. The molecule has 3 aromatic carbocycles. The molecule has 7 nitrogen and oxygen atoms in total. The number of carbonyl (C=O) groups excluding carboxylic acids is 2. The lowest BCUT2D eigenvalue weighted by Gasteiger charge is -2.19. The van der Waals surface area contributed by atoms with E-state index in [1.807, 2.05) is 24.3 Å². The third kappa shape index (κ3) is 4.93. The molecule has 0 spiro atoms. The summed E-state index contributed by atoms with van der Waals surface area (Å²) in [6, 6.07) is 19.8. The van der Waals surface area contributed by atoms with E-state index in [1.165, 1.54) is 17.7 Å². The lowest BCUT2D eigenvalue weighted by molar-refractivity contribution is -0.114. The summed E-state index contributed by atoms with van der Waals surface area (Å²) in [6.45, 7) is 4.62. The number of fused-ring (bicyclic) bond motifs is 1. The number of benzene rings is 3. The number of amides is 2. The van der Waals surface area contributed by atoms with E-state index < -0.39 is 21.8 Å². The van der Waals surface area contributed by atoms with Gasteiger partial charge in [0.25, 0.3) is 11.8 Å². The molecule has 0 saturated carbocycles. The summed E-state index contributed by atoms with van der Waals surface area (Å²) in [6.07, 6.45) is 1.57. The highest BCUT2D eigenvalue weighted by Gasteiger charge is 2.27. The summed E-state index contributed by atoms with van der Waals surface area (Å²) in [4.78, 5) is 25.0. The van der Waals surface area contributed by atoms with Crippen LogP contribution in [0.15, 0.2) is 77.8 Å². The van der Waals surface area contributed by atoms with Crippen molar-refractivity contribution in [2.75, 3.05) is 0 Å². The smallest absolute Gasteiger partial charge is 0.260 e. The Bertz CT molecular complexity index is 1390. The van der Waals surface area contributed by atoms with Crippen molar-refractivity contribution < 1.29 is 18.0 Å². The Balaban J connectivity index is 1.61. The highest BCUT2D eigenvalue weighted by atomic mass is 32.2. The molecule has 4 N–H and O–H groups in total. The molecule has 0 fully saturated rings. The zero-order valence-corrected chi connectivity index (χ0v) is 19.6. The van der Waals surface area contributed by atoms with Crippen molar-refractivity contribution in [3.63, 3.8) is 0 Å². The van der Waals surface area contributed by atoms with E-state index >= 15 is 0 Å². The molecule has 0 aliphatic carbocycles. The van der Waals surface area contributed by atoms with Crippen molar-refractivity contribution in [3.8, 4) is 11.1 Å². The molecule has 0 aromatic heterocycles. The molecule has 34 heavy (non-hydrogen) atoms. The molecule has 8 heteroatoms. The van der Waals surface area contributed by atoms with Crippen LogP contribution in [0.4, 0.5) is 0 Å². The Kier molecular flexibility index (Phi) is 6.37. The highest BCUT2D eigenvalue weighted by Crippen LogP contribution is 2.30. The number of imide groups is 1. The third-order valence-electron chi connectivity index (χ3n) is 5.74. The number of carbonyl (C=O) groups is 2. The van der Waals surface area contributed by atoms with Gasteiger partial charge in [0.1, 0.15) is 0 Å². The van der Waals surface area contributed by atoms with Gasteiger partial charge in [-0.1, -0.05) is 56.3 Å². The number of nitrogens with two attached hydrogens (primary N) is 1. The standard InChI is InChI=1S/C26H25N3O4S/c1-16(2)18-5-7-19(8-6-18)20-9-12-22-23(13-20)24(26(31)29-25(22)30)15-28-14-17-3-10-21(11-4-17)34(27,32)33/h3-13,15-16,28H,14H2,1-2H3,(H2,27,32,33)(H,29,30,31)/b24-15-. The van der Waals surface area contributed by atoms with Crippen molar-refractivity contribution in [2.45, 2.75) is 31.2 Å². The molecule has 0 bridgehead atoms. The van der Waals surface area contributed by atoms with E-state index in [0.29, 0.717) is 29.2 Å². The van der Waals surface area contributed by atoms with Crippen molar-refractivity contribution in [2.24, 2.45) is 5.14 Å². The molecule has 0 unspecified atom stereocenters. The van der Waals surface area contributed by atoms with Gasteiger partial charge in [-0.2, -0.15) is 0 Å². The number of hydrogen-bond acceptors (Lipinski definition) is 5. The maximum absolute atomic E-state index is 12.6. The van der Waals surface area contributed by atoms with Crippen LogP contribution in [0.25, 0.3) is 16.7 Å². The van der Waals surface area contributed by atoms with Crippen LogP contribution in [0.1, 0.15) is 46.8 Å². The van der Waals surface area contributed by atoms with Crippen molar-refractivity contribution in [1.82, 2.24) is 10.6 Å². The molecule has 0 saturated heterocycles. The van der Waals surface area contributed by atoms with Crippen LogP contribution in [-0.2, 0) is 21.4 Å². The van der Waals surface area contributed by atoms with Crippen LogP contribution < -0.4 is 15.8 Å². The fraction of sp³-hybridized carbons (Fsp3) is 0.154. The van der Waals surface area contributed by atoms with Crippen LogP contribution in [0.3, 0.4) is 0 Å². The van der Waals surface area contributed by atoms with E-state index in [0.717, 1.165) is 16.7 Å². The van der Waals surface area contributed by atoms with E-state index in [2.05, 4.69) is 36.6 Å². The number of primary sulfonamides is 1. The van der Waals surface area contributed by atoms with Gasteiger partial charge >= 0.3 is 0 Å². The third-order valence-corrected chi connectivity index (χ3v) is 6.67. The van der Waals surface area contributed by atoms with Crippen LogP contribution in [-0.4, -0.2) is 20.2 Å². The van der Waals surface area contributed by atoms with Crippen molar-refractivity contribution in [1.29, 1.82) is 0 Å². The van der Waals surface area contributed by atoms with Gasteiger partial charge in [-0.3, -0.25) is 14.9 Å². The Labute approximate surface area is 198 Å². The second-order valence-corrected chi connectivity index (χ2v) is 10.0. The zero-order chi connectivity index (χ0) is 24.5. The molecule has 2 amide bonds. The van der Waals surface area contributed by atoms with E-state index in [4.69, 9.17) is 5.14 Å². The Morgan fingerprint density at radius 1 is 0.882 bits per heavy atom. The summed E-state index contributed by atoms with van der Waals surface area (Å²) in [5.41, 5.74) is 5.25. The summed E-state index contributed by atoms with van der Waals surface area (Å²) < 4.78 is 22.8. The normalized spacial score (nSPS) is 14.8. The van der Waals surface area contributed by atoms with Gasteiger partial charge < -0.3 is 5.32 Å². The van der Waals surface area contributed by atoms with Crippen LogP contribution in [0, 0.1) is 0 Å². The largest absolute Gasteiger partial charge is 0.386 e. The summed E-state index contributed by atoms with van der Waals surface area (Å²) >= 11 is 0. The molecule has 0 atom stereocenters. The van der Waals surface area contributed by atoms with E-state index in [9.17, 15) is 18.0 Å². The Morgan fingerprint density at radius 2 is 1.53 bits per heavy atom. The fourth-order valence-corrected chi connectivity index (χ4v) is 4.29. The van der Waals surface area contributed by atoms with Gasteiger partial charge in [0, 0.05) is 23.9 Å². The second kappa shape index (κ2) is 9.24. The number of nitrogens with one attached hydrogen (secondary N) is 2. The monoisotopic (exact) mass is 475 g/mol. The van der Waals surface area contributed by atoms with Crippen LogP contribution in [0.5, 0.6) is 0 Å². The second-order valence-electron chi connectivity index (χ2n) is 8.45. The quantitative estimate of drug-likeness (QED) is 0.372. The number of sulfonamides is 1. The maximum Gasteiger partial charge on any atom is 0.260 e. The molecule has 3 aromatic rings. The summed E-state index contributed by atoms with van der Waals surface area (Å²) in [5.74, 6) is -0.491. The fourth-order valence-electron chi connectivity index (χ4n) is 3.78. The van der Waals surface area contributed by atoms with Gasteiger partial charge in [-0.15, -0.1) is 0 Å². The van der Waals surface area contributed by atoms with Crippen LogP contribution in [0.2, 0.25) is 0 Å². The minimum absolute atomic E-state index is 0.0302. The topological polar surface area (TPSA) is 118 Å². The average molecular weight is 476 g/mol.